The number of likely N-dealkylation sites (tertiary alicyclic amines) is 1. The number of aryl methyl sites for hydroxylation is 1. The van der Waals surface area contributed by atoms with Crippen LogP contribution in [0, 0.1) is 6.92 Å². The van der Waals surface area contributed by atoms with Gasteiger partial charge in [-0.15, -0.1) is 0 Å². The van der Waals surface area contributed by atoms with Crippen molar-refractivity contribution in [1.82, 2.24) is 15.0 Å². The van der Waals surface area contributed by atoms with Gasteiger partial charge in [-0.3, -0.25) is 4.79 Å². The Morgan fingerprint density at radius 3 is 3.00 bits per heavy atom. The molecule has 5 nitrogen and oxygen atoms in total. The number of nitrogens with zero attached hydrogens (tertiary/aromatic N) is 3. The minimum absolute atomic E-state index is 0.0499. The highest BCUT2D eigenvalue weighted by Gasteiger charge is 2.30. The summed E-state index contributed by atoms with van der Waals surface area (Å²) in [5.41, 5.74) is 1.02. The first-order valence-electron chi connectivity index (χ1n) is 7.00. The van der Waals surface area contributed by atoms with Crippen LogP contribution in [0.3, 0.4) is 0 Å². The van der Waals surface area contributed by atoms with Gasteiger partial charge in [-0.2, -0.15) is 4.98 Å². The SMILES string of the molecule is C=C/C(C)=C/CC(=O)N1CCCCC1c1noc(C)n1. The molecule has 2 heterocycles. The number of allylic oxidation sites excluding steroid dienone is 2. The third-order valence-electron chi connectivity index (χ3n) is 3.59. The summed E-state index contributed by atoms with van der Waals surface area (Å²) in [6.07, 6.45) is 7.07. The van der Waals surface area contributed by atoms with Gasteiger partial charge in [0.1, 0.15) is 0 Å². The van der Waals surface area contributed by atoms with Crippen molar-refractivity contribution in [3.05, 3.63) is 36.0 Å². The highest BCUT2D eigenvalue weighted by Crippen LogP contribution is 2.29. The predicted molar refractivity (Wildman–Crippen MR) is 75.9 cm³/mol. The van der Waals surface area contributed by atoms with Crippen LogP contribution in [0.5, 0.6) is 0 Å². The third-order valence-corrected chi connectivity index (χ3v) is 3.59. The van der Waals surface area contributed by atoms with E-state index in [-0.39, 0.29) is 11.9 Å². The summed E-state index contributed by atoms with van der Waals surface area (Å²) in [6, 6.07) is -0.0499. The fourth-order valence-electron chi connectivity index (χ4n) is 2.40. The molecule has 0 bridgehead atoms. The van der Waals surface area contributed by atoms with Crippen LogP contribution >= 0.6 is 0 Å². The standard InChI is InChI=1S/C15H21N3O2/c1-4-11(2)8-9-14(19)18-10-6-5-7-13(18)15-16-12(3)20-17-15/h4,8,13H,1,5-7,9-10H2,2-3H3/b11-8+. The van der Waals surface area contributed by atoms with Crippen molar-refractivity contribution >= 4 is 5.91 Å². The Labute approximate surface area is 119 Å². The molecule has 1 amide bonds. The summed E-state index contributed by atoms with van der Waals surface area (Å²) in [7, 11) is 0. The first kappa shape index (κ1) is 14.5. The monoisotopic (exact) mass is 275 g/mol. The number of amides is 1. The molecule has 1 aliphatic heterocycles. The van der Waals surface area contributed by atoms with Crippen LogP contribution in [0.15, 0.2) is 28.8 Å². The maximum Gasteiger partial charge on any atom is 0.227 e. The average Bonchev–Trinajstić information content (AvgIpc) is 2.90. The van der Waals surface area contributed by atoms with E-state index in [2.05, 4.69) is 16.7 Å². The Bertz CT molecular complexity index is 519. The van der Waals surface area contributed by atoms with Gasteiger partial charge in [0.05, 0.1) is 6.04 Å². The average molecular weight is 275 g/mol. The number of piperidine rings is 1. The van der Waals surface area contributed by atoms with Crippen LogP contribution in [-0.4, -0.2) is 27.5 Å². The van der Waals surface area contributed by atoms with Crippen molar-refractivity contribution in [1.29, 1.82) is 0 Å². The zero-order chi connectivity index (χ0) is 14.5. The van der Waals surface area contributed by atoms with E-state index in [0.29, 0.717) is 18.1 Å². The normalized spacial score (nSPS) is 20.0. The Morgan fingerprint density at radius 1 is 1.55 bits per heavy atom. The van der Waals surface area contributed by atoms with E-state index >= 15 is 0 Å². The second kappa shape index (κ2) is 6.50. The van der Waals surface area contributed by atoms with Crippen LogP contribution in [-0.2, 0) is 4.79 Å². The molecule has 0 saturated carbocycles. The molecular formula is C15H21N3O2. The van der Waals surface area contributed by atoms with Gasteiger partial charge in [-0.05, 0) is 26.2 Å². The topological polar surface area (TPSA) is 59.2 Å². The van der Waals surface area contributed by atoms with Crippen LogP contribution in [0.1, 0.15) is 50.4 Å². The van der Waals surface area contributed by atoms with Gasteiger partial charge in [-0.25, -0.2) is 0 Å². The summed E-state index contributed by atoms with van der Waals surface area (Å²) >= 11 is 0. The van der Waals surface area contributed by atoms with E-state index in [4.69, 9.17) is 4.52 Å². The van der Waals surface area contributed by atoms with E-state index in [1.807, 2.05) is 17.9 Å². The van der Waals surface area contributed by atoms with Crippen molar-refractivity contribution in [2.24, 2.45) is 0 Å². The van der Waals surface area contributed by atoms with E-state index in [1.54, 1.807) is 13.0 Å². The van der Waals surface area contributed by atoms with Crippen LogP contribution in [0.25, 0.3) is 0 Å². The fourth-order valence-corrected chi connectivity index (χ4v) is 2.40. The smallest absolute Gasteiger partial charge is 0.227 e. The largest absolute Gasteiger partial charge is 0.340 e. The zero-order valence-corrected chi connectivity index (χ0v) is 12.1. The van der Waals surface area contributed by atoms with Crippen molar-refractivity contribution in [3.8, 4) is 0 Å². The molecule has 108 valence electrons. The lowest BCUT2D eigenvalue weighted by atomic mass is 10.0. The number of hydrogen-bond acceptors (Lipinski definition) is 4. The number of rotatable bonds is 4. The van der Waals surface area contributed by atoms with E-state index in [0.717, 1.165) is 31.4 Å². The molecule has 0 spiro atoms. The van der Waals surface area contributed by atoms with Crippen molar-refractivity contribution in [2.45, 2.75) is 45.6 Å². The molecule has 2 rings (SSSR count). The minimum atomic E-state index is -0.0499. The van der Waals surface area contributed by atoms with E-state index < -0.39 is 0 Å². The summed E-state index contributed by atoms with van der Waals surface area (Å²) < 4.78 is 5.04. The van der Waals surface area contributed by atoms with Crippen LogP contribution < -0.4 is 0 Å². The summed E-state index contributed by atoms with van der Waals surface area (Å²) in [4.78, 5) is 18.5. The van der Waals surface area contributed by atoms with Gasteiger partial charge in [-0.1, -0.05) is 29.5 Å². The van der Waals surface area contributed by atoms with Crippen molar-refractivity contribution in [3.63, 3.8) is 0 Å². The molecule has 0 N–H and O–H groups in total. The van der Waals surface area contributed by atoms with Gasteiger partial charge in [0.15, 0.2) is 5.82 Å². The first-order chi connectivity index (χ1) is 9.61. The van der Waals surface area contributed by atoms with Gasteiger partial charge in [0.2, 0.25) is 11.8 Å². The second-order valence-corrected chi connectivity index (χ2v) is 5.13. The highest BCUT2D eigenvalue weighted by molar-refractivity contribution is 5.78. The molecule has 1 aromatic heterocycles. The Morgan fingerprint density at radius 2 is 2.35 bits per heavy atom. The molecular weight excluding hydrogens is 254 g/mol. The van der Waals surface area contributed by atoms with Crippen molar-refractivity contribution < 1.29 is 9.32 Å². The minimum Gasteiger partial charge on any atom is -0.340 e. The number of aromatic nitrogens is 2. The van der Waals surface area contributed by atoms with Crippen LogP contribution in [0.2, 0.25) is 0 Å². The molecule has 0 radical (unpaired) electrons. The summed E-state index contributed by atoms with van der Waals surface area (Å²) in [5.74, 6) is 1.28. The summed E-state index contributed by atoms with van der Waals surface area (Å²) in [6.45, 7) is 8.16. The Hall–Kier alpha value is -1.91. The Balaban J connectivity index is 2.10. The molecule has 1 atom stereocenters. The molecule has 1 saturated heterocycles. The van der Waals surface area contributed by atoms with Gasteiger partial charge in [0.25, 0.3) is 0 Å². The van der Waals surface area contributed by atoms with Gasteiger partial charge < -0.3 is 9.42 Å². The van der Waals surface area contributed by atoms with Crippen LogP contribution in [0.4, 0.5) is 0 Å². The molecule has 0 aliphatic carbocycles. The van der Waals surface area contributed by atoms with E-state index in [9.17, 15) is 4.79 Å². The maximum absolute atomic E-state index is 12.4. The van der Waals surface area contributed by atoms with Gasteiger partial charge >= 0.3 is 0 Å². The third kappa shape index (κ3) is 3.35. The Kier molecular flexibility index (Phi) is 4.71. The van der Waals surface area contributed by atoms with Gasteiger partial charge in [0, 0.05) is 19.9 Å². The first-order valence-corrected chi connectivity index (χ1v) is 7.00. The predicted octanol–water partition coefficient (Wildman–Crippen LogP) is 2.95. The second-order valence-electron chi connectivity index (χ2n) is 5.13. The van der Waals surface area contributed by atoms with E-state index in [1.165, 1.54) is 0 Å². The quantitative estimate of drug-likeness (QED) is 0.793. The molecule has 1 aromatic rings. The maximum atomic E-state index is 12.4. The summed E-state index contributed by atoms with van der Waals surface area (Å²) in [5, 5.41) is 3.97. The van der Waals surface area contributed by atoms with Crippen molar-refractivity contribution in [2.75, 3.05) is 6.54 Å². The molecule has 1 unspecified atom stereocenters. The molecule has 5 heteroatoms. The molecule has 0 aromatic carbocycles. The number of carbonyl (C=O) groups excluding carboxylic acids is 1. The number of carbonyl (C=O) groups is 1. The fraction of sp³-hybridized carbons (Fsp3) is 0.533. The molecule has 20 heavy (non-hydrogen) atoms. The highest BCUT2D eigenvalue weighted by atomic mass is 16.5. The lowest BCUT2D eigenvalue weighted by molar-refractivity contribution is -0.134. The molecule has 1 fully saturated rings. The number of hydrogen-bond donors (Lipinski definition) is 0. The lowest BCUT2D eigenvalue weighted by Gasteiger charge is -2.33. The lowest BCUT2D eigenvalue weighted by Crippen LogP contribution is -2.38. The molecule has 1 aliphatic rings. The zero-order valence-electron chi connectivity index (χ0n) is 12.1.